The van der Waals surface area contributed by atoms with E-state index in [1.807, 2.05) is 0 Å². The summed E-state index contributed by atoms with van der Waals surface area (Å²) < 4.78 is 0. The molecule has 0 spiro atoms. The van der Waals surface area contributed by atoms with E-state index in [0.29, 0.717) is 12.0 Å². The number of hydrogen-bond donors (Lipinski definition) is 2. The number of rotatable bonds is 6. The summed E-state index contributed by atoms with van der Waals surface area (Å²) in [5.74, 6) is 2.47. The van der Waals surface area contributed by atoms with Crippen LogP contribution in [0.3, 0.4) is 0 Å². The minimum atomic E-state index is 0.512. The van der Waals surface area contributed by atoms with E-state index in [2.05, 4.69) is 41.2 Å². The van der Waals surface area contributed by atoms with E-state index >= 15 is 0 Å². The van der Waals surface area contributed by atoms with Crippen molar-refractivity contribution < 1.29 is 0 Å². The summed E-state index contributed by atoms with van der Waals surface area (Å²) in [4.78, 5) is 7.00. The molecule has 2 rings (SSSR count). The smallest absolute Gasteiger partial charge is 0.244 e. The number of piperazine rings is 1. The van der Waals surface area contributed by atoms with Gasteiger partial charge in [-0.2, -0.15) is 4.98 Å². The van der Waals surface area contributed by atoms with Crippen molar-refractivity contribution in [1.82, 2.24) is 20.5 Å². The van der Waals surface area contributed by atoms with E-state index < -0.39 is 0 Å². The van der Waals surface area contributed by atoms with Gasteiger partial charge in [0.15, 0.2) is 0 Å². The first-order valence-electron chi connectivity index (χ1n) is 7.65. The second-order valence-electron chi connectivity index (χ2n) is 5.57. The normalized spacial score (nSPS) is 21.6. The van der Waals surface area contributed by atoms with E-state index in [1.165, 1.54) is 19.3 Å². The van der Waals surface area contributed by atoms with Crippen LogP contribution in [0.15, 0.2) is 0 Å². The third-order valence-corrected chi connectivity index (χ3v) is 3.93. The molecule has 1 aliphatic heterocycles. The Hall–Kier alpha value is -1.10. The third kappa shape index (κ3) is 3.69. The molecule has 1 aliphatic rings. The molecule has 1 aromatic heterocycles. The topological polar surface area (TPSA) is 56.8 Å². The van der Waals surface area contributed by atoms with Gasteiger partial charge in [-0.3, -0.25) is 5.10 Å². The molecule has 2 atom stereocenters. The zero-order chi connectivity index (χ0) is 13.7. The highest BCUT2D eigenvalue weighted by molar-refractivity contribution is 5.30. The van der Waals surface area contributed by atoms with Crippen molar-refractivity contribution in [3.63, 3.8) is 0 Å². The number of hydrogen-bond acceptors (Lipinski definition) is 4. The molecule has 5 nitrogen and oxygen atoms in total. The monoisotopic (exact) mass is 265 g/mol. The number of unbranched alkanes of at least 4 members (excludes halogenated alkanes) is 1. The van der Waals surface area contributed by atoms with Crippen LogP contribution < -0.4 is 10.2 Å². The minimum absolute atomic E-state index is 0.512. The zero-order valence-corrected chi connectivity index (χ0v) is 12.4. The molecule has 1 unspecified atom stereocenters. The molecule has 2 N–H and O–H groups in total. The highest BCUT2D eigenvalue weighted by atomic mass is 15.4. The fourth-order valence-electron chi connectivity index (χ4n) is 2.69. The van der Waals surface area contributed by atoms with Crippen LogP contribution in [0.5, 0.6) is 0 Å². The lowest BCUT2D eigenvalue weighted by molar-refractivity contribution is 0.479. The van der Waals surface area contributed by atoms with Crippen LogP contribution in [0.4, 0.5) is 5.95 Å². The minimum Gasteiger partial charge on any atom is -0.337 e. The zero-order valence-electron chi connectivity index (χ0n) is 12.4. The molecule has 0 amide bonds. The van der Waals surface area contributed by atoms with Crippen LogP contribution >= 0.6 is 0 Å². The SMILES string of the molecule is CCCCC(CC)c1nc(N2CCN[C@@H](C)C2)n[nH]1. The molecular weight excluding hydrogens is 238 g/mol. The van der Waals surface area contributed by atoms with Gasteiger partial charge in [-0.05, 0) is 19.8 Å². The molecule has 19 heavy (non-hydrogen) atoms. The Morgan fingerprint density at radius 1 is 1.42 bits per heavy atom. The predicted molar refractivity (Wildman–Crippen MR) is 78.6 cm³/mol. The average molecular weight is 265 g/mol. The summed E-state index contributed by atoms with van der Waals surface area (Å²) >= 11 is 0. The van der Waals surface area contributed by atoms with Crippen molar-refractivity contribution in [2.45, 2.75) is 58.4 Å². The second-order valence-corrected chi connectivity index (χ2v) is 5.57. The summed E-state index contributed by atoms with van der Waals surface area (Å²) in [5, 5.41) is 11.0. The largest absolute Gasteiger partial charge is 0.337 e. The molecule has 0 aromatic carbocycles. The lowest BCUT2D eigenvalue weighted by Gasteiger charge is -2.30. The Morgan fingerprint density at radius 2 is 2.26 bits per heavy atom. The maximum absolute atomic E-state index is 4.72. The first-order valence-corrected chi connectivity index (χ1v) is 7.65. The van der Waals surface area contributed by atoms with E-state index in [1.54, 1.807) is 0 Å². The van der Waals surface area contributed by atoms with Gasteiger partial charge < -0.3 is 10.2 Å². The predicted octanol–water partition coefficient (Wildman–Crippen LogP) is 2.29. The molecule has 1 fully saturated rings. The number of H-pyrrole nitrogens is 1. The van der Waals surface area contributed by atoms with Crippen LogP contribution in [-0.4, -0.2) is 40.9 Å². The van der Waals surface area contributed by atoms with Gasteiger partial charge in [0.2, 0.25) is 5.95 Å². The van der Waals surface area contributed by atoms with Gasteiger partial charge in [0, 0.05) is 31.6 Å². The van der Waals surface area contributed by atoms with E-state index in [-0.39, 0.29) is 0 Å². The Bertz CT molecular complexity index is 376. The van der Waals surface area contributed by atoms with Gasteiger partial charge in [-0.25, -0.2) is 0 Å². The van der Waals surface area contributed by atoms with Crippen LogP contribution in [0, 0.1) is 0 Å². The quantitative estimate of drug-likeness (QED) is 0.828. The summed E-state index contributed by atoms with van der Waals surface area (Å²) in [6.07, 6.45) is 4.85. The second kappa shape index (κ2) is 6.89. The summed E-state index contributed by atoms with van der Waals surface area (Å²) in [5.41, 5.74) is 0. The van der Waals surface area contributed by atoms with Crippen LogP contribution in [0.2, 0.25) is 0 Å². The third-order valence-electron chi connectivity index (χ3n) is 3.93. The fourth-order valence-corrected chi connectivity index (χ4v) is 2.69. The van der Waals surface area contributed by atoms with Gasteiger partial charge in [0.1, 0.15) is 5.82 Å². The number of nitrogens with one attached hydrogen (secondary N) is 2. The molecule has 5 heteroatoms. The van der Waals surface area contributed by atoms with Crippen molar-refractivity contribution in [1.29, 1.82) is 0 Å². The molecule has 2 heterocycles. The first-order chi connectivity index (χ1) is 9.24. The molecule has 108 valence electrons. The number of anilines is 1. The molecule has 1 saturated heterocycles. The Morgan fingerprint density at radius 3 is 2.95 bits per heavy atom. The highest BCUT2D eigenvalue weighted by Crippen LogP contribution is 2.23. The van der Waals surface area contributed by atoms with Gasteiger partial charge in [-0.1, -0.05) is 26.7 Å². The van der Waals surface area contributed by atoms with E-state index in [0.717, 1.165) is 37.8 Å². The summed E-state index contributed by atoms with van der Waals surface area (Å²) in [7, 11) is 0. The molecule has 0 radical (unpaired) electrons. The standard InChI is InChI=1S/C14H27N5/c1-4-6-7-12(5-2)13-16-14(18-17-13)19-9-8-15-11(3)10-19/h11-12,15H,4-10H2,1-3H3,(H,16,17,18)/t11-,12?/m0/s1. The number of nitrogens with zero attached hydrogens (tertiary/aromatic N) is 3. The van der Waals surface area contributed by atoms with Gasteiger partial charge >= 0.3 is 0 Å². The Labute approximate surface area is 116 Å². The number of aromatic amines is 1. The number of aromatic nitrogens is 3. The molecule has 0 aliphatic carbocycles. The van der Waals surface area contributed by atoms with E-state index in [4.69, 9.17) is 4.98 Å². The lowest BCUT2D eigenvalue weighted by Crippen LogP contribution is -2.49. The maximum Gasteiger partial charge on any atom is 0.244 e. The van der Waals surface area contributed by atoms with Crippen LogP contribution in [0.25, 0.3) is 0 Å². The molecule has 1 aromatic rings. The molecule has 0 saturated carbocycles. The van der Waals surface area contributed by atoms with Crippen LogP contribution in [-0.2, 0) is 0 Å². The lowest BCUT2D eigenvalue weighted by atomic mass is 9.99. The first kappa shape index (κ1) is 14.3. The highest BCUT2D eigenvalue weighted by Gasteiger charge is 2.21. The fraction of sp³-hybridized carbons (Fsp3) is 0.857. The van der Waals surface area contributed by atoms with Crippen molar-refractivity contribution in [2.75, 3.05) is 24.5 Å². The average Bonchev–Trinajstić information content (AvgIpc) is 2.89. The Kier molecular flexibility index (Phi) is 5.19. The van der Waals surface area contributed by atoms with Crippen molar-refractivity contribution in [2.24, 2.45) is 0 Å². The van der Waals surface area contributed by atoms with Gasteiger partial charge in [0.25, 0.3) is 0 Å². The molecule has 0 bridgehead atoms. The van der Waals surface area contributed by atoms with Crippen molar-refractivity contribution in [3.8, 4) is 0 Å². The van der Waals surface area contributed by atoms with E-state index in [9.17, 15) is 0 Å². The van der Waals surface area contributed by atoms with Crippen molar-refractivity contribution in [3.05, 3.63) is 5.82 Å². The Balaban J connectivity index is 2.00. The maximum atomic E-state index is 4.72. The van der Waals surface area contributed by atoms with Gasteiger partial charge in [-0.15, -0.1) is 5.10 Å². The van der Waals surface area contributed by atoms with Crippen molar-refractivity contribution >= 4 is 5.95 Å². The van der Waals surface area contributed by atoms with Crippen LogP contribution in [0.1, 0.15) is 58.2 Å². The van der Waals surface area contributed by atoms with Gasteiger partial charge in [0.05, 0.1) is 0 Å². The molecular formula is C14H27N5. The summed E-state index contributed by atoms with van der Waals surface area (Å²) in [6, 6.07) is 0.512. The summed E-state index contributed by atoms with van der Waals surface area (Å²) in [6.45, 7) is 9.67.